The minimum absolute atomic E-state index is 0.571. The largest absolute Gasteiger partial charge is 0.307 e. The molecule has 1 aliphatic carbocycles. The van der Waals surface area contributed by atoms with Crippen LogP contribution in [-0.4, -0.2) is 11.3 Å². The molecule has 0 radical (unpaired) electrons. The molecule has 2 aliphatic rings. The van der Waals surface area contributed by atoms with Crippen LogP contribution in [0.2, 0.25) is 0 Å². The summed E-state index contributed by atoms with van der Waals surface area (Å²) < 4.78 is 1.55. The van der Waals surface area contributed by atoms with Crippen LogP contribution in [0, 0.1) is 5.41 Å². The van der Waals surface area contributed by atoms with E-state index in [0.29, 0.717) is 11.5 Å². The molecule has 1 aromatic heterocycles. The summed E-state index contributed by atoms with van der Waals surface area (Å²) in [5.41, 5.74) is 2.14. The molecule has 0 amide bonds. The predicted octanol–water partition coefficient (Wildman–Crippen LogP) is 5.23. The highest BCUT2D eigenvalue weighted by molar-refractivity contribution is 8.01. The van der Waals surface area contributed by atoms with Crippen LogP contribution in [0.5, 0.6) is 0 Å². The second-order valence-electron chi connectivity index (χ2n) is 6.99. The van der Waals surface area contributed by atoms with Gasteiger partial charge in [0, 0.05) is 17.3 Å². The Hall–Kier alpha value is 0.01000. The molecule has 0 spiro atoms. The van der Waals surface area contributed by atoms with Crippen molar-refractivity contribution in [3.8, 4) is 0 Å². The molecule has 1 saturated carbocycles. The van der Waals surface area contributed by atoms with Crippen LogP contribution in [0.4, 0.5) is 0 Å². The van der Waals surface area contributed by atoms with E-state index < -0.39 is 0 Å². The Morgan fingerprint density at radius 1 is 1.26 bits per heavy atom. The Morgan fingerprint density at radius 2 is 2.00 bits per heavy atom. The third kappa shape index (κ3) is 3.20. The van der Waals surface area contributed by atoms with Crippen molar-refractivity contribution in [2.45, 2.75) is 74.4 Å². The van der Waals surface area contributed by atoms with Crippen LogP contribution < -0.4 is 5.32 Å². The molecule has 1 unspecified atom stereocenters. The molecule has 1 aromatic rings. The van der Waals surface area contributed by atoms with E-state index in [4.69, 9.17) is 0 Å². The van der Waals surface area contributed by atoms with E-state index in [0.717, 1.165) is 11.3 Å². The van der Waals surface area contributed by atoms with Crippen molar-refractivity contribution in [2.75, 3.05) is 0 Å². The molecule has 2 heterocycles. The molecular formula is C16H25NS2. The lowest BCUT2D eigenvalue weighted by molar-refractivity contribution is 0.196. The van der Waals surface area contributed by atoms with Crippen molar-refractivity contribution in [1.29, 1.82) is 0 Å². The SMILES string of the molecule is C[C@H]1CC(NC2CCC(C)(C)CC2)c2ccsc2S1. The maximum Gasteiger partial charge on any atom is 0.0649 e. The third-order valence-electron chi connectivity index (χ3n) is 4.69. The first-order chi connectivity index (χ1) is 9.03. The molecule has 0 saturated heterocycles. The number of thiophene rings is 1. The van der Waals surface area contributed by atoms with Crippen LogP contribution in [-0.2, 0) is 0 Å². The number of hydrogen-bond donors (Lipinski definition) is 1. The van der Waals surface area contributed by atoms with E-state index in [2.05, 4.69) is 49.3 Å². The quantitative estimate of drug-likeness (QED) is 0.801. The highest BCUT2D eigenvalue weighted by Crippen LogP contribution is 2.44. The monoisotopic (exact) mass is 295 g/mol. The van der Waals surface area contributed by atoms with E-state index >= 15 is 0 Å². The second-order valence-corrected chi connectivity index (χ2v) is 9.61. The molecule has 3 rings (SSSR count). The minimum Gasteiger partial charge on any atom is -0.307 e. The molecule has 1 fully saturated rings. The zero-order chi connectivity index (χ0) is 13.5. The first-order valence-electron chi connectivity index (χ1n) is 7.54. The Balaban J connectivity index is 1.65. The summed E-state index contributed by atoms with van der Waals surface area (Å²) in [6.45, 7) is 7.20. The van der Waals surface area contributed by atoms with Gasteiger partial charge in [-0.25, -0.2) is 0 Å². The van der Waals surface area contributed by atoms with Crippen molar-refractivity contribution < 1.29 is 0 Å². The summed E-state index contributed by atoms with van der Waals surface area (Å²) >= 11 is 3.98. The number of fused-ring (bicyclic) bond motifs is 1. The summed E-state index contributed by atoms with van der Waals surface area (Å²) in [6, 6.07) is 3.67. The number of hydrogen-bond acceptors (Lipinski definition) is 3. The standard InChI is InChI=1S/C16H25NS2/c1-11-10-14(13-6-9-18-15(13)19-11)17-12-4-7-16(2,3)8-5-12/h6,9,11-12,14,17H,4-5,7-8,10H2,1-3H3/t11-,14?/m0/s1. The van der Waals surface area contributed by atoms with Crippen molar-refractivity contribution in [1.82, 2.24) is 5.32 Å². The molecular weight excluding hydrogens is 270 g/mol. The molecule has 0 bridgehead atoms. The minimum atomic E-state index is 0.571. The maximum absolute atomic E-state index is 3.96. The van der Waals surface area contributed by atoms with E-state index in [1.165, 1.54) is 32.1 Å². The van der Waals surface area contributed by atoms with E-state index in [1.807, 2.05) is 11.3 Å². The van der Waals surface area contributed by atoms with Crippen molar-refractivity contribution in [3.63, 3.8) is 0 Å². The van der Waals surface area contributed by atoms with Crippen LogP contribution in [0.15, 0.2) is 15.7 Å². The molecule has 19 heavy (non-hydrogen) atoms. The smallest absolute Gasteiger partial charge is 0.0649 e. The average Bonchev–Trinajstić information content (AvgIpc) is 2.80. The highest BCUT2D eigenvalue weighted by Gasteiger charge is 2.31. The first kappa shape index (κ1) is 14.0. The van der Waals surface area contributed by atoms with E-state index in [9.17, 15) is 0 Å². The van der Waals surface area contributed by atoms with Gasteiger partial charge in [0.1, 0.15) is 0 Å². The van der Waals surface area contributed by atoms with Gasteiger partial charge in [0.25, 0.3) is 0 Å². The lowest BCUT2D eigenvalue weighted by Crippen LogP contribution is -2.39. The molecule has 1 nitrogen and oxygen atoms in total. The van der Waals surface area contributed by atoms with Gasteiger partial charge < -0.3 is 5.32 Å². The first-order valence-corrected chi connectivity index (χ1v) is 9.29. The Morgan fingerprint density at radius 3 is 2.74 bits per heavy atom. The normalized spacial score (nSPS) is 31.1. The molecule has 1 aliphatic heterocycles. The Kier molecular flexibility index (Phi) is 3.98. The fourth-order valence-electron chi connectivity index (χ4n) is 3.36. The van der Waals surface area contributed by atoms with Gasteiger partial charge in [-0.1, -0.05) is 20.8 Å². The molecule has 0 aromatic carbocycles. The second kappa shape index (κ2) is 5.42. The lowest BCUT2D eigenvalue weighted by Gasteiger charge is -2.38. The fourth-order valence-corrected chi connectivity index (χ4v) is 5.92. The van der Waals surface area contributed by atoms with Gasteiger partial charge >= 0.3 is 0 Å². The van der Waals surface area contributed by atoms with Crippen LogP contribution in [0.3, 0.4) is 0 Å². The van der Waals surface area contributed by atoms with Gasteiger partial charge in [0.05, 0.1) is 4.21 Å². The van der Waals surface area contributed by atoms with E-state index in [-0.39, 0.29) is 0 Å². The van der Waals surface area contributed by atoms with Gasteiger partial charge in [-0.2, -0.15) is 0 Å². The third-order valence-corrected chi connectivity index (χ3v) is 7.03. The molecule has 106 valence electrons. The van der Waals surface area contributed by atoms with Gasteiger partial charge in [-0.15, -0.1) is 23.1 Å². The molecule has 1 N–H and O–H groups in total. The summed E-state index contributed by atoms with van der Waals surface area (Å²) in [6.07, 6.45) is 6.74. The van der Waals surface area contributed by atoms with E-state index in [1.54, 1.807) is 9.77 Å². The zero-order valence-electron chi connectivity index (χ0n) is 12.2. The number of rotatable bonds is 2. The number of thioether (sulfide) groups is 1. The topological polar surface area (TPSA) is 12.0 Å². The lowest BCUT2D eigenvalue weighted by atomic mass is 9.75. The van der Waals surface area contributed by atoms with Crippen molar-refractivity contribution in [3.05, 3.63) is 17.0 Å². The van der Waals surface area contributed by atoms with Crippen LogP contribution >= 0.6 is 23.1 Å². The molecule has 2 atom stereocenters. The van der Waals surface area contributed by atoms with Crippen molar-refractivity contribution >= 4 is 23.1 Å². The Labute approximate surface area is 125 Å². The van der Waals surface area contributed by atoms with Gasteiger partial charge in [-0.05, 0) is 54.5 Å². The van der Waals surface area contributed by atoms with Gasteiger partial charge in [0.2, 0.25) is 0 Å². The maximum atomic E-state index is 3.96. The number of nitrogens with one attached hydrogen (secondary N) is 1. The molecule has 3 heteroatoms. The fraction of sp³-hybridized carbons (Fsp3) is 0.750. The Bertz CT molecular complexity index is 428. The summed E-state index contributed by atoms with van der Waals surface area (Å²) in [5.74, 6) is 0. The van der Waals surface area contributed by atoms with Gasteiger partial charge in [0.15, 0.2) is 0 Å². The zero-order valence-corrected chi connectivity index (χ0v) is 13.9. The van der Waals surface area contributed by atoms with Crippen LogP contribution in [0.25, 0.3) is 0 Å². The van der Waals surface area contributed by atoms with Crippen molar-refractivity contribution in [2.24, 2.45) is 5.41 Å². The predicted molar refractivity (Wildman–Crippen MR) is 86.2 cm³/mol. The highest BCUT2D eigenvalue weighted by atomic mass is 32.2. The average molecular weight is 296 g/mol. The summed E-state index contributed by atoms with van der Waals surface area (Å²) in [5, 5.41) is 6.97. The van der Waals surface area contributed by atoms with Gasteiger partial charge in [-0.3, -0.25) is 0 Å². The summed E-state index contributed by atoms with van der Waals surface area (Å²) in [4.78, 5) is 0. The van der Waals surface area contributed by atoms with Crippen LogP contribution in [0.1, 0.15) is 64.5 Å². The summed E-state index contributed by atoms with van der Waals surface area (Å²) in [7, 11) is 0.